The fraction of sp³-hybridized carbons (Fsp3) is 0.409. The molecule has 3 nitrogen and oxygen atoms in total. The minimum absolute atomic E-state index is 0.349. The third kappa shape index (κ3) is 2.88. The predicted molar refractivity (Wildman–Crippen MR) is 112 cm³/mol. The highest BCUT2D eigenvalue weighted by molar-refractivity contribution is 6.42. The number of rotatable bonds is 2. The lowest BCUT2D eigenvalue weighted by molar-refractivity contribution is 0.134. The third-order valence-electron chi connectivity index (χ3n) is 6.63. The number of halogens is 2. The van der Waals surface area contributed by atoms with Crippen molar-refractivity contribution in [3.63, 3.8) is 0 Å². The Morgan fingerprint density at radius 2 is 1.81 bits per heavy atom. The van der Waals surface area contributed by atoms with Crippen molar-refractivity contribution >= 4 is 34.2 Å². The van der Waals surface area contributed by atoms with Gasteiger partial charge in [-0.3, -0.25) is 4.90 Å². The van der Waals surface area contributed by atoms with Crippen LogP contribution in [0.2, 0.25) is 10.0 Å². The van der Waals surface area contributed by atoms with Gasteiger partial charge in [0.2, 0.25) is 0 Å². The monoisotopic (exact) mass is 399 g/mol. The van der Waals surface area contributed by atoms with E-state index in [1.165, 1.54) is 30.4 Å². The van der Waals surface area contributed by atoms with Gasteiger partial charge in [-0.15, -0.1) is 0 Å². The van der Waals surface area contributed by atoms with Crippen molar-refractivity contribution < 1.29 is 0 Å². The molecule has 0 amide bonds. The number of aromatic amines is 1. The smallest absolute Gasteiger partial charge is 0.112 e. The Labute approximate surface area is 169 Å². The highest BCUT2D eigenvalue weighted by Gasteiger charge is 2.47. The summed E-state index contributed by atoms with van der Waals surface area (Å²) in [4.78, 5) is 11.1. The minimum Gasteiger partial charge on any atom is -0.342 e. The molecule has 27 heavy (non-hydrogen) atoms. The maximum atomic E-state index is 6.22. The van der Waals surface area contributed by atoms with E-state index in [-0.39, 0.29) is 0 Å². The number of piperidine rings is 1. The molecule has 140 valence electrons. The summed E-state index contributed by atoms with van der Waals surface area (Å²) in [6, 6.07) is 14.0. The van der Waals surface area contributed by atoms with E-state index in [2.05, 4.69) is 48.1 Å². The normalized spacial score (nSPS) is 28.1. The number of benzene rings is 2. The van der Waals surface area contributed by atoms with Crippen molar-refractivity contribution in [2.24, 2.45) is 0 Å². The lowest BCUT2D eigenvalue weighted by Gasteiger charge is -2.42. The Kier molecular flexibility index (Phi) is 4.23. The number of nitrogens with one attached hydrogen (secondary N) is 1. The first-order valence-electron chi connectivity index (χ1n) is 9.64. The molecule has 0 spiro atoms. The quantitative estimate of drug-likeness (QED) is 0.580. The second-order valence-corrected chi connectivity index (χ2v) is 8.96. The van der Waals surface area contributed by atoms with Crippen LogP contribution in [0.5, 0.6) is 0 Å². The van der Waals surface area contributed by atoms with Gasteiger partial charge in [0.05, 0.1) is 21.1 Å². The average Bonchev–Trinajstić information content (AvgIpc) is 3.13. The molecule has 4 unspecified atom stereocenters. The highest BCUT2D eigenvalue weighted by Crippen LogP contribution is 2.50. The van der Waals surface area contributed by atoms with E-state index < -0.39 is 0 Å². The van der Waals surface area contributed by atoms with Crippen LogP contribution in [0.25, 0.3) is 11.0 Å². The maximum absolute atomic E-state index is 6.22. The van der Waals surface area contributed by atoms with E-state index >= 15 is 0 Å². The number of likely N-dealkylation sites (N-methyl/N-ethyl adjacent to an activating group) is 1. The highest BCUT2D eigenvalue weighted by atomic mass is 35.5. The Bertz CT molecular complexity index is 956. The van der Waals surface area contributed by atoms with Crippen LogP contribution < -0.4 is 0 Å². The number of nitrogens with zero attached hydrogens (tertiary/aromatic N) is 2. The Hall–Kier alpha value is -1.55. The standard InChI is InChI=1S/C22H23Cl2N3/c1-12-3-5-13(6-4-12)15-9-14-7-8-20(27(14)2)21(15)22-25-18-10-16(23)17(24)11-19(18)26-22/h3-6,10-11,14-15,20-21H,7-9H2,1-2H3,(H,25,26). The van der Waals surface area contributed by atoms with E-state index in [1.807, 2.05) is 12.1 Å². The lowest BCUT2D eigenvalue weighted by atomic mass is 9.75. The van der Waals surface area contributed by atoms with Gasteiger partial charge in [-0.25, -0.2) is 4.98 Å². The van der Waals surface area contributed by atoms with Gasteiger partial charge >= 0.3 is 0 Å². The van der Waals surface area contributed by atoms with Crippen molar-refractivity contribution in [2.75, 3.05) is 7.05 Å². The summed E-state index contributed by atoms with van der Waals surface area (Å²) in [5, 5.41) is 1.12. The third-order valence-corrected chi connectivity index (χ3v) is 7.35. The van der Waals surface area contributed by atoms with E-state index in [1.54, 1.807) is 0 Å². The molecule has 5 heteroatoms. The largest absolute Gasteiger partial charge is 0.342 e. The summed E-state index contributed by atoms with van der Waals surface area (Å²) in [6.07, 6.45) is 3.68. The second-order valence-electron chi connectivity index (χ2n) is 8.15. The SMILES string of the molecule is Cc1ccc(C2CC3CCC(C2c2nc4cc(Cl)c(Cl)cc4[nH]2)N3C)cc1. The fourth-order valence-electron chi connectivity index (χ4n) is 5.18. The summed E-state index contributed by atoms with van der Waals surface area (Å²) in [5.41, 5.74) is 4.58. The zero-order chi connectivity index (χ0) is 18.7. The molecule has 2 aliphatic heterocycles. The van der Waals surface area contributed by atoms with Crippen molar-refractivity contribution in [2.45, 2.75) is 50.1 Å². The van der Waals surface area contributed by atoms with Gasteiger partial charge in [-0.05, 0) is 56.8 Å². The average molecular weight is 400 g/mol. The molecular formula is C22H23Cl2N3. The maximum Gasteiger partial charge on any atom is 0.112 e. The second kappa shape index (κ2) is 6.51. The molecule has 2 saturated heterocycles. The molecule has 5 rings (SSSR count). The summed E-state index contributed by atoms with van der Waals surface area (Å²) in [5.74, 6) is 1.89. The summed E-state index contributed by atoms with van der Waals surface area (Å²) in [6.45, 7) is 2.15. The van der Waals surface area contributed by atoms with Crippen molar-refractivity contribution in [1.82, 2.24) is 14.9 Å². The Morgan fingerprint density at radius 1 is 1.07 bits per heavy atom. The molecule has 2 bridgehead atoms. The minimum atomic E-state index is 0.349. The van der Waals surface area contributed by atoms with Crippen LogP contribution >= 0.6 is 23.2 Å². The number of H-pyrrole nitrogens is 1. The van der Waals surface area contributed by atoms with Crippen LogP contribution in [0.15, 0.2) is 36.4 Å². The van der Waals surface area contributed by atoms with Crippen LogP contribution in [0.3, 0.4) is 0 Å². The number of aryl methyl sites for hydroxylation is 1. The van der Waals surface area contributed by atoms with Gasteiger partial charge in [-0.2, -0.15) is 0 Å². The number of hydrogen-bond acceptors (Lipinski definition) is 2. The molecule has 3 heterocycles. The molecule has 4 atom stereocenters. The molecule has 0 saturated carbocycles. The zero-order valence-electron chi connectivity index (χ0n) is 15.5. The van der Waals surface area contributed by atoms with Crippen LogP contribution in [0, 0.1) is 6.92 Å². The van der Waals surface area contributed by atoms with E-state index in [0.717, 1.165) is 16.9 Å². The molecule has 0 aliphatic carbocycles. The van der Waals surface area contributed by atoms with Crippen LogP contribution in [-0.2, 0) is 0 Å². The number of aromatic nitrogens is 2. The van der Waals surface area contributed by atoms with Gasteiger partial charge in [0.15, 0.2) is 0 Å². The summed E-state index contributed by atoms with van der Waals surface area (Å²) < 4.78 is 0. The Morgan fingerprint density at radius 3 is 2.59 bits per heavy atom. The van der Waals surface area contributed by atoms with Gasteiger partial charge in [0.1, 0.15) is 5.82 Å². The van der Waals surface area contributed by atoms with Gasteiger partial charge in [0.25, 0.3) is 0 Å². The zero-order valence-corrected chi connectivity index (χ0v) is 17.1. The molecule has 2 fully saturated rings. The number of fused-ring (bicyclic) bond motifs is 3. The molecule has 0 radical (unpaired) electrons. The molecule has 3 aromatic rings. The molecule has 2 aliphatic rings. The first-order valence-corrected chi connectivity index (χ1v) is 10.4. The first-order chi connectivity index (χ1) is 13.0. The van der Waals surface area contributed by atoms with Gasteiger partial charge < -0.3 is 4.98 Å². The van der Waals surface area contributed by atoms with Crippen molar-refractivity contribution in [3.8, 4) is 0 Å². The number of hydrogen-bond donors (Lipinski definition) is 1. The lowest BCUT2D eigenvalue weighted by Crippen LogP contribution is -2.44. The van der Waals surface area contributed by atoms with E-state index in [0.29, 0.717) is 34.0 Å². The van der Waals surface area contributed by atoms with Gasteiger partial charge in [-0.1, -0.05) is 53.0 Å². The van der Waals surface area contributed by atoms with E-state index in [4.69, 9.17) is 28.2 Å². The molecular weight excluding hydrogens is 377 g/mol. The fourth-order valence-corrected chi connectivity index (χ4v) is 5.50. The van der Waals surface area contributed by atoms with Crippen LogP contribution in [-0.4, -0.2) is 34.0 Å². The Balaban J connectivity index is 1.62. The predicted octanol–water partition coefficient (Wildman–Crippen LogP) is 5.91. The van der Waals surface area contributed by atoms with Gasteiger partial charge in [0, 0.05) is 18.0 Å². The van der Waals surface area contributed by atoms with Crippen LogP contribution in [0.1, 0.15) is 48.0 Å². The first kappa shape index (κ1) is 17.5. The van der Waals surface area contributed by atoms with E-state index in [9.17, 15) is 0 Å². The van der Waals surface area contributed by atoms with Crippen molar-refractivity contribution in [1.29, 1.82) is 0 Å². The summed E-state index contributed by atoms with van der Waals surface area (Å²) in [7, 11) is 2.27. The topological polar surface area (TPSA) is 31.9 Å². The summed E-state index contributed by atoms with van der Waals surface area (Å²) >= 11 is 12.4. The number of imidazole rings is 1. The molecule has 2 aromatic carbocycles. The molecule has 1 N–H and O–H groups in total. The van der Waals surface area contributed by atoms with Crippen molar-refractivity contribution in [3.05, 3.63) is 63.4 Å². The molecule has 1 aromatic heterocycles. The van der Waals surface area contributed by atoms with Crippen LogP contribution in [0.4, 0.5) is 0 Å².